The Labute approximate surface area is 147 Å². The minimum atomic E-state index is 0.140. The van der Waals surface area contributed by atoms with Crippen molar-refractivity contribution in [3.8, 4) is 10.6 Å². The quantitative estimate of drug-likeness (QED) is 0.778. The molecule has 3 nitrogen and oxygen atoms in total. The first-order chi connectivity index (χ1) is 11.7. The molecule has 1 aromatic heterocycles. The highest BCUT2D eigenvalue weighted by molar-refractivity contribution is 7.13. The van der Waals surface area contributed by atoms with Gasteiger partial charge in [-0.1, -0.05) is 42.7 Å². The van der Waals surface area contributed by atoms with Crippen LogP contribution in [0.25, 0.3) is 10.6 Å². The SMILES string of the molecule is Cc1ccc(-c2nc(C(=O)N3CCC[C@H]4CCCC[C@@H]43)cs2)cc1. The van der Waals surface area contributed by atoms with Crippen molar-refractivity contribution >= 4 is 17.2 Å². The molecule has 4 rings (SSSR count). The number of aromatic nitrogens is 1. The molecule has 4 heteroatoms. The molecule has 0 spiro atoms. The number of hydrogen-bond acceptors (Lipinski definition) is 3. The van der Waals surface area contributed by atoms with Crippen LogP contribution in [0.1, 0.15) is 54.6 Å². The first-order valence-electron chi connectivity index (χ1n) is 9.06. The number of fused-ring (bicyclic) bond motifs is 1. The molecule has 1 aliphatic heterocycles. The van der Waals surface area contributed by atoms with E-state index in [1.165, 1.54) is 37.7 Å². The van der Waals surface area contributed by atoms with E-state index >= 15 is 0 Å². The Morgan fingerprint density at radius 1 is 1.12 bits per heavy atom. The summed E-state index contributed by atoms with van der Waals surface area (Å²) in [7, 11) is 0. The Hall–Kier alpha value is -1.68. The molecule has 2 heterocycles. The number of thiazole rings is 1. The standard InChI is InChI=1S/C20H24N2OS/c1-14-8-10-16(11-9-14)19-21-17(13-24-19)20(23)22-12-4-6-15-5-2-3-7-18(15)22/h8-11,13,15,18H,2-7,12H2,1H3/t15-,18+/m1/s1. The van der Waals surface area contributed by atoms with E-state index in [0.29, 0.717) is 17.7 Å². The molecule has 1 aliphatic carbocycles. The molecule has 1 saturated carbocycles. The van der Waals surface area contributed by atoms with Gasteiger partial charge in [0, 0.05) is 23.5 Å². The van der Waals surface area contributed by atoms with E-state index < -0.39 is 0 Å². The molecule has 0 unspecified atom stereocenters. The van der Waals surface area contributed by atoms with Gasteiger partial charge < -0.3 is 4.90 Å². The van der Waals surface area contributed by atoms with Gasteiger partial charge in [-0.2, -0.15) is 0 Å². The van der Waals surface area contributed by atoms with E-state index in [9.17, 15) is 4.79 Å². The van der Waals surface area contributed by atoms with Gasteiger partial charge in [-0.15, -0.1) is 11.3 Å². The summed E-state index contributed by atoms with van der Waals surface area (Å²) in [4.78, 5) is 19.8. The first kappa shape index (κ1) is 15.8. The van der Waals surface area contributed by atoms with E-state index in [4.69, 9.17) is 0 Å². The Kier molecular flexibility index (Phi) is 4.40. The highest BCUT2D eigenvalue weighted by atomic mass is 32.1. The van der Waals surface area contributed by atoms with Gasteiger partial charge in [-0.3, -0.25) is 4.79 Å². The Bertz CT molecular complexity index is 719. The van der Waals surface area contributed by atoms with E-state index in [1.807, 2.05) is 5.38 Å². The second-order valence-corrected chi connectivity index (χ2v) is 8.01. The molecule has 2 atom stereocenters. The smallest absolute Gasteiger partial charge is 0.273 e. The summed E-state index contributed by atoms with van der Waals surface area (Å²) in [6.45, 7) is 2.98. The Morgan fingerprint density at radius 2 is 1.88 bits per heavy atom. The lowest BCUT2D eigenvalue weighted by Gasteiger charge is -2.43. The number of carbonyl (C=O) groups excluding carboxylic acids is 1. The molecule has 0 N–H and O–H groups in total. The third-order valence-corrected chi connectivity index (χ3v) is 6.42. The number of carbonyl (C=O) groups is 1. The van der Waals surface area contributed by atoms with Gasteiger partial charge in [0.2, 0.25) is 0 Å². The number of piperidine rings is 1. The molecular weight excluding hydrogens is 316 g/mol. The summed E-state index contributed by atoms with van der Waals surface area (Å²) in [5.74, 6) is 0.855. The second-order valence-electron chi connectivity index (χ2n) is 7.16. The fraction of sp³-hybridized carbons (Fsp3) is 0.500. The van der Waals surface area contributed by atoms with Gasteiger partial charge in [-0.25, -0.2) is 4.98 Å². The molecule has 0 radical (unpaired) electrons. The number of benzene rings is 1. The van der Waals surface area contributed by atoms with Crippen molar-refractivity contribution in [3.05, 3.63) is 40.9 Å². The molecule has 2 aromatic rings. The number of nitrogens with zero attached hydrogens (tertiary/aromatic N) is 2. The summed E-state index contributed by atoms with van der Waals surface area (Å²) in [6.07, 6.45) is 7.49. The molecule has 1 saturated heterocycles. The van der Waals surface area contributed by atoms with Gasteiger partial charge in [-0.05, 0) is 38.5 Å². The van der Waals surface area contributed by atoms with Crippen molar-refractivity contribution in [1.82, 2.24) is 9.88 Å². The third-order valence-electron chi connectivity index (χ3n) is 5.53. The summed E-state index contributed by atoms with van der Waals surface area (Å²) in [6, 6.07) is 8.80. The van der Waals surface area contributed by atoms with Crippen LogP contribution in [-0.4, -0.2) is 28.4 Å². The maximum atomic E-state index is 13.0. The summed E-state index contributed by atoms with van der Waals surface area (Å²) in [5, 5.41) is 2.87. The van der Waals surface area contributed by atoms with Gasteiger partial charge in [0.25, 0.3) is 5.91 Å². The van der Waals surface area contributed by atoms with Crippen LogP contribution >= 0.6 is 11.3 Å². The normalized spacial score (nSPS) is 23.8. The van der Waals surface area contributed by atoms with Crippen molar-refractivity contribution in [3.63, 3.8) is 0 Å². The van der Waals surface area contributed by atoms with Crippen LogP contribution in [0.5, 0.6) is 0 Å². The van der Waals surface area contributed by atoms with Crippen LogP contribution in [0.3, 0.4) is 0 Å². The van der Waals surface area contributed by atoms with Gasteiger partial charge in [0.1, 0.15) is 10.7 Å². The van der Waals surface area contributed by atoms with Crippen molar-refractivity contribution in [2.45, 2.75) is 51.5 Å². The van der Waals surface area contributed by atoms with Crippen LogP contribution in [0.4, 0.5) is 0 Å². The zero-order valence-electron chi connectivity index (χ0n) is 14.2. The number of amides is 1. The van der Waals surface area contributed by atoms with Crippen LogP contribution < -0.4 is 0 Å². The number of rotatable bonds is 2. The van der Waals surface area contributed by atoms with Crippen LogP contribution in [-0.2, 0) is 0 Å². The second kappa shape index (κ2) is 6.67. The van der Waals surface area contributed by atoms with Crippen LogP contribution in [0.2, 0.25) is 0 Å². The topological polar surface area (TPSA) is 33.2 Å². The van der Waals surface area contributed by atoms with Crippen molar-refractivity contribution in [1.29, 1.82) is 0 Å². The molecule has 2 fully saturated rings. The van der Waals surface area contributed by atoms with Crippen molar-refractivity contribution in [2.24, 2.45) is 5.92 Å². The van der Waals surface area contributed by atoms with Gasteiger partial charge in [0.15, 0.2) is 0 Å². The lowest BCUT2D eigenvalue weighted by molar-refractivity contribution is 0.0386. The number of hydrogen-bond donors (Lipinski definition) is 0. The molecule has 24 heavy (non-hydrogen) atoms. The van der Waals surface area contributed by atoms with E-state index in [2.05, 4.69) is 41.1 Å². The molecule has 2 aliphatic rings. The maximum Gasteiger partial charge on any atom is 0.273 e. The van der Waals surface area contributed by atoms with Crippen molar-refractivity contribution in [2.75, 3.05) is 6.54 Å². The largest absolute Gasteiger partial charge is 0.334 e. The maximum absolute atomic E-state index is 13.0. The fourth-order valence-electron chi connectivity index (χ4n) is 4.22. The van der Waals surface area contributed by atoms with Gasteiger partial charge in [0.05, 0.1) is 0 Å². The predicted molar refractivity (Wildman–Crippen MR) is 98.3 cm³/mol. The highest BCUT2D eigenvalue weighted by Gasteiger charge is 2.36. The third kappa shape index (κ3) is 3.00. The minimum Gasteiger partial charge on any atom is -0.334 e. The summed E-state index contributed by atoms with van der Waals surface area (Å²) >= 11 is 1.57. The van der Waals surface area contributed by atoms with Crippen LogP contribution in [0, 0.1) is 12.8 Å². The predicted octanol–water partition coefficient (Wildman–Crippen LogP) is 4.91. The summed E-state index contributed by atoms with van der Waals surface area (Å²) < 4.78 is 0. The molecule has 0 bridgehead atoms. The Balaban J connectivity index is 1.55. The molecule has 1 aromatic carbocycles. The fourth-order valence-corrected chi connectivity index (χ4v) is 5.02. The molecular formula is C20H24N2OS. The monoisotopic (exact) mass is 340 g/mol. The van der Waals surface area contributed by atoms with Crippen LogP contribution in [0.15, 0.2) is 29.6 Å². The summed E-state index contributed by atoms with van der Waals surface area (Å²) in [5.41, 5.74) is 2.96. The average molecular weight is 340 g/mol. The lowest BCUT2D eigenvalue weighted by Crippen LogP contribution is -2.49. The van der Waals surface area contributed by atoms with Gasteiger partial charge >= 0.3 is 0 Å². The number of likely N-dealkylation sites (tertiary alicyclic amines) is 1. The molecule has 1 amide bonds. The highest BCUT2D eigenvalue weighted by Crippen LogP contribution is 2.36. The van der Waals surface area contributed by atoms with Crippen molar-refractivity contribution < 1.29 is 4.79 Å². The zero-order chi connectivity index (χ0) is 16.5. The first-order valence-corrected chi connectivity index (χ1v) is 9.94. The van der Waals surface area contributed by atoms with E-state index in [-0.39, 0.29) is 5.91 Å². The Morgan fingerprint density at radius 3 is 2.71 bits per heavy atom. The lowest BCUT2D eigenvalue weighted by atomic mass is 9.78. The number of aryl methyl sites for hydroxylation is 1. The zero-order valence-corrected chi connectivity index (χ0v) is 15.0. The average Bonchev–Trinajstić information content (AvgIpc) is 3.11. The minimum absolute atomic E-state index is 0.140. The van der Waals surface area contributed by atoms with E-state index in [1.54, 1.807) is 11.3 Å². The molecule has 126 valence electrons. The van der Waals surface area contributed by atoms with E-state index in [0.717, 1.165) is 23.5 Å².